The molecule has 1 aliphatic carbocycles. The normalized spacial score (nSPS) is 25.4. The van der Waals surface area contributed by atoms with Crippen LogP contribution in [0.4, 0.5) is 0 Å². The van der Waals surface area contributed by atoms with E-state index in [4.69, 9.17) is 0 Å². The molecule has 0 bridgehead atoms. The molecule has 1 fully saturated rings. The number of carboxylic acids is 1. The van der Waals surface area contributed by atoms with Crippen molar-refractivity contribution >= 4 is 11.9 Å². The number of rotatable bonds is 4. The maximum absolute atomic E-state index is 12.2. The SMILES string of the molecule is Cc1cnccc1CNC(=O)C1CC(C)CC1C(=O)O. The highest BCUT2D eigenvalue weighted by Crippen LogP contribution is 2.36. The van der Waals surface area contributed by atoms with Crippen molar-refractivity contribution in [1.29, 1.82) is 0 Å². The summed E-state index contributed by atoms with van der Waals surface area (Å²) >= 11 is 0. The second kappa shape index (κ2) is 6.03. The summed E-state index contributed by atoms with van der Waals surface area (Å²) < 4.78 is 0. The lowest BCUT2D eigenvalue weighted by Gasteiger charge is -2.16. The number of carboxylic acid groups (broad SMARTS) is 1. The molecule has 1 heterocycles. The van der Waals surface area contributed by atoms with E-state index in [2.05, 4.69) is 10.3 Å². The molecule has 0 aliphatic heterocycles. The van der Waals surface area contributed by atoms with Crippen LogP contribution >= 0.6 is 0 Å². The predicted octanol–water partition coefficient (Wildman–Crippen LogP) is 1.75. The highest BCUT2D eigenvalue weighted by molar-refractivity contribution is 5.85. The van der Waals surface area contributed by atoms with Gasteiger partial charge in [-0.1, -0.05) is 6.92 Å². The van der Waals surface area contributed by atoms with Crippen molar-refractivity contribution in [1.82, 2.24) is 10.3 Å². The number of aliphatic carboxylic acids is 1. The number of hydrogen-bond acceptors (Lipinski definition) is 3. The average molecular weight is 276 g/mol. The van der Waals surface area contributed by atoms with Crippen LogP contribution in [0.25, 0.3) is 0 Å². The zero-order chi connectivity index (χ0) is 14.7. The van der Waals surface area contributed by atoms with Crippen molar-refractivity contribution in [2.45, 2.75) is 33.2 Å². The third kappa shape index (κ3) is 3.15. The summed E-state index contributed by atoms with van der Waals surface area (Å²) in [6, 6.07) is 1.86. The van der Waals surface area contributed by atoms with Gasteiger partial charge in [-0.15, -0.1) is 0 Å². The molecule has 0 aromatic carbocycles. The highest BCUT2D eigenvalue weighted by Gasteiger charge is 2.40. The van der Waals surface area contributed by atoms with E-state index >= 15 is 0 Å². The summed E-state index contributed by atoms with van der Waals surface area (Å²) in [5.74, 6) is -1.70. The third-order valence-corrected chi connectivity index (χ3v) is 4.04. The molecule has 2 N–H and O–H groups in total. The van der Waals surface area contributed by atoms with Crippen molar-refractivity contribution in [3.8, 4) is 0 Å². The van der Waals surface area contributed by atoms with E-state index in [1.54, 1.807) is 12.4 Å². The molecule has 5 nitrogen and oxygen atoms in total. The number of carbonyl (C=O) groups is 2. The minimum atomic E-state index is -0.866. The monoisotopic (exact) mass is 276 g/mol. The molecule has 1 aromatic heterocycles. The van der Waals surface area contributed by atoms with Crippen LogP contribution in [-0.4, -0.2) is 22.0 Å². The molecule has 0 radical (unpaired) electrons. The van der Waals surface area contributed by atoms with Gasteiger partial charge in [-0.05, 0) is 42.9 Å². The first-order chi connectivity index (χ1) is 9.49. The first kappa shape index (κ1) is 14.5. The van der Waals surface area contributed by atoms with Gasteiger partial charge in [-0.3, -0.25) is 14.6 Å². The quantitative estimate of drug-likeness (QED) is 0.878. The van der Waals surface area contributed by atoms with Crippen LogP contribution < -0.4 is 5.32 Å². The molecular weight excluding hydrogens is 256 g/mol. The topological polar surface area (TPSA) is 79.3 Å². The Hall–Kier alpha value is -1.91. The van der Waals surface area contributed by atoms with Crippen LogP contribution in [0.2, 0.25) is 0 Å². The maximum Gasteiger partial charge on any atom is 0.307 e. The van der Waals surface area contributed by atoms with Crippen molar-refractivity contribution < 1.29 is 14.7 Å². The van der Waals surface area contributed by atoms with Gasteiger partial charge in [-0.25, -0.2) is 0 Å². The minimum Gasteiger partial charge on any atom is -0.481 e. The lowest BCUT2D eigenvalue weighted by molar-refractivity contribution is -0.146. The molecule has 108 valence electrons. The summed E-state index contributed by atoms with van der Waals surface area (Å²) in [7, 11) is 0. The fourth-order valence-electron chi connectivity index (χ4n) is 2.87. The third-order valence-electron chi connectivity index (χ3n) is 4.04. The number of nitrogens with one attached hydrogen (secondary N) is 1. The molecule has 1 saturated carbocycles. The first-order valence-electron chi connectivity index (χ1n) is 6.89. The van der Waals surface area contributed by atoms with Crippen LogP contribution in [0.1, 0.15) is 30.9 Å². The highest BCUT2D eigenvalue weighted by atomic mass is 16.4. The van der Waals surface area contributed by atoms with Crippen LogP contribution in [0, 0.1) is 24.7 Å². The Kier molecular flexibility index (Phi) is 4.37. The second-order valence-electron chi connectivity index (χ2n) is 5.65. The molecule has 3 unspecified atom stereocenters. The van der Waals surface area contributed by atoms with Crippen LogP contribution in [0.15, 0.2) is 18.5 Å². The zero-order valence-electron chi connectivity index (χ0n) is 11.8. The van der Waals surface area contributed by atoms with E-state index in [-0.39, 0.29) is 11.8 Å². The average Bonchev–Trinajstić information content (AvgIpc) is 2.80. The molecule has 0 saturated heterocycles. The molecule has 20 heavy (non-hydrogen) atoms. The molecule has 5 heteroatoms. The van der Waals surface area contributed by atoms with E-state index < -0.39 is 17.8 Å². The van der Waals surface area contributed by atoms with Crippen molar-refractivity contribution in [2.24, 2.45) is 17.8 Å². The van der Waals surface area contributed by atoms with E-state index in [1.807, 2.05) is 19.9 Å². The lowest BCUT2D eigenvalue weighted by Crippen LogP contribution is -2.35. The number of hydrogen-bond donors (Lipinski definition) is 2. The Morgan fingerprint density at radius 3 is 2.75 bits per heavy atom. The number of nitrogens with zero attached hydrogens (tertiary/aromatic N) is 1. The van der Waals surface area contributed by atoms with Gasteiger partial charge < -0.3 is 10.4 Å². The number of pyridine rings is 1. The van der Waals surface area contributed by atoms with Crippen LogP contribution in [0.3, 0.4) is 0 Å². The summed E-state index contributed by atoms with van der Waals surface area (Å²) in [6.07, 6.45) is 4.67. The van der Waals surface area contributed by atoms with Gasteiger partial charge in [-0.2, -0.15) is 0 Å². The molecule has 0 spiro atoms. The smallest absolute Gasteiger partial charge is 0.307 e. The summed E-state index contributed by atoms with van der Waals surface area (Å²) in [6.45, 7) is 4.35. The standard InChI is InChI=1S/C15H20N2O3/c1-9-5-12(13(6-9)15(19)20)14(18)17-8-11-3-4-16-7-10(11)2/h3-4,7,9,12-13H,5-6,8H2,1-2H3,(H,17,18)(H,19,20). The summed E-state index contributed by atoms with van der Waals surface area (Å²) in [4.78, 5) is 27.4. The van der Waals surface area contributed by atoms with Crippen LogP contribution in [0.5, 0.6) is 0 Å². The van der Waals surface area contributed by atoms with Gasteiger partial charge in [0.1, 0.15) is 0 Å². The fourth-order valence-corrected chi connectivity index (χ4v) is 2.87. The number of aryl methyl sites for hydroxylation is 1. The van der Waals surface area contributed by atoms with E-state index in [0.29, 0.717) is 19.4 Å². The Morgan fingerprint density at radius 2 is 2.10 bits per heavy atom. The van der Waals surface area contributed by atoms with Gasteiger partial charge in [0.15, 0.2) is 0 Å². The van der Waals surface area contributed by atoms with Crippen molar-refractivity contribution in [2.75, 3.05) is 0 Å². The summed E-state index contributed by atoms with van der Waals surface area (Å²) in [5, 5.41) is 12.0. The summed E-state index contributed by atoms with van der Waals surface area (Å²) in [5.41, 5.74) is 2.02. The lowest BCUT2D eigenvalue weighted by atomic mass is 9.95. The van der Waals surface area contributed by atoms with Gasteiger partial charge in [0, 0.05) is 18.9 Å². The number of aromatic nitrogens is 1. The van der Waals surface area contributed by atoms with Gasteiger partial charge in [0.2, 0.25) is 5.91 Å². The van der Waals surface area contributed by atoms with E-state index in [1.165, 1.54) is 0 Å². The number of amides is 1. The predicted molar refractivity (Wildman–Crippen MR) is 73.8 cm³/mol. The van der Waals surface area contributed by atoms with E-state index in [9.17, 15) is 14.7 Å². The Morgan fingerprint density at radius 1 is 1.40 bits per heavy atom. The van der Waals surface area contributed by atoms with E-state index in [0.717, 1.165) is 11.1 Å². The van der Waals surface area contributed by atoms with Crippen LogP contribution in [-0.2, 0) is 16.1 Å². The molecule has 1 aromatic rings. The fraction of sp³-hybridized carbons (Fsp3) is 0.533. The zero-order valence-corrected chi connectivity index (χ0v) is 11.8. The first-order valence-corrected chi connectivity index (χ1v) is 6.89. The molecular formula is C15H20N2O3. The molecule has 2 rings (SSSR count). The Labute approximate surface area is 118 Å². The molecule has 1 aliphatic rings. The Bertz CT molecular complexity index is 516. The molecule has 3 atom stereocenters. The Balaban J connectivity index is 1.98. The van der Waals surface area contributed by atoms with Gasteiger partial charge in [0.25, 0.3) is 0 Å². The largest absolute Gasteiger partial charge is 0.481 e. The minimum absolute atomic E-state index is 0.155. The van der Waals surface area contributed by atoms with Crippen molar-refractivity contribution in [3.63, 3.8) is 0 Å². The number of carbonyl (C=O) groups excluding carboxylic acids is 1. The second-order valence-corrected chi connectivity index (χ2v) is 5.65. The van der Waals surface area contributed by atoms with Gasteiger partial charge >= 0.3 is 5.97 Å². The molecule has 1 amide bonds. The maximum atomic E-state index is 12.2. The van der Waals surface area contributed by atoms with Crippen molar-refractivity contribution in [3.05, 3.63) is 29.6 Å². The van der Waals surface area contributed by atoms with Gasteiger partial charge in [0.05, 0.1) is 11.8 Å².